The van der Waals surface area contributed by atoms with Crippen molar-refractivity contribution in [3.8, 4) is 0 Å². The van der Waals surface area contributed by atoms with E-state index >= 15 is 0 Å². The molecule has 1 saturated heterocycles. The molecule has 1 aliphatic carbocycles. The summed E-state index contributed by atoms with van der Waals surface area (Å²) in [6.07, 6.45) is 6.26. The van der Waals surface area contributed by atoms with Gasteiger partial charge in [-0.2, -0.15) is 4.31 Å². The van der Waals surface area contributed by atoms with E-state index in [1.165, 1.54) is 17.6 Å². The van der Waals surface area contributed by atoms with Gasteiger partial charge in [0.25, 0.3) is 5.91 Å². The average molecular weight is 591 g/mol. The molecule has 0 spiro atoms. The zero-order valence-corrected chi connectivity index (χ0v) is 24.7. The Morgan fingerprint density at radius 2 is 1.59 bits per heavy atom. The van der Waals surface area contributed by atoms with Crippen LogP contribution in [-0.2, 0) is 19.9 Å². The first-order chi connectivity index (χ1) is 18.6. The molecule has 2 fully saturated rings. The molecule has 5 rings (SSSR count). The lowest BCUT2D eigenvalue weighted by Crippen LogP contribution is -2.48. The quantitative estimate of drug-likeness (QED) is 0.409. The van der Waals surface area contributed by atoms with Gasteiger partial charge in [-0.15, -0.1) is 0 Å². The van der Waals surface area contributed by atoms with E-state index in [4.69, 9.17) is 0 Å². The monoisotopic (exact) mass is 590 g/mol. The molecule has 0 N–H and O–H groups in total. The number of fused-ring (bicyclic) bond motifs is 1. The van der Waals surface area contributed by atoms with E-state index in [9.17, 15) is 21.6 Å². The summed E-state index contributed by atoms with van der Waals surface area (Å²) in [6.45, 7) is 4.54. The highest BCUT2D eigenvalue weighted by molar-refractivity contribution is 7.90. The molecule has 0 unspecified atom stereocenters. The predicted octanol–water partition coefficient (Wildman–Crippen LogP) is 4.01. The van der Waals surface area contributed by atoms with Crippen molar-refractivity contribution in [3.63, 3.8) is 0 Å². The maximum absolute atomic E-state index is 13.3. The molecule has 0 radical (unpaired) electrons. The molecule has 210 valence electrons. The Balaban J connectivity index is 1.23. The molecule has 3 aromatic rings. The van der Waals surface area contributed by atoms with Gasteiger partial charge in [-0.3, -0.25) is 4.79 Å². The van der Waals surface area contributed by atoms with Gasteiger partial charge in [0.15, 0.2) is 15.0 Å². The van der Waals surface area contributed by atoms with E-state index in [0.717, 1.165) is 47.5 Å². The van der Waals surface area contributed by atoms with Gasteiger partial charge in [0.05, 0.1) is 20.0 Å². The zero-order valence-electron chi connectivity index (χ0n) is 22.2. The first-order valence-electron chi connectivity index (χ1n) is 13.3. The fourth-order valence-electron chi connectivity index (χ4n) is 5.44. The maximum Gasteiger partial charge on any atom is 0.253 e. The Morgan fingerprint density at radius 3 is 2.21 bits per heavy atom. The molecule has 12 heteroatoms. The Morgan fingerprint density at radius 1 is 0.949 bits per heavy atom. The highest BCUT2D eigenvalue weighted by Gasteiger charge is 2.31. The Bertz CT molecular complexity index is 1550. The number of aromatic nitrogens is 1. The average Bonchev–Trinajstić information content (AvgIpc) is 3.37. The minimum atomic E-state index is -3.62. The first-order valence-corrected chi connectivity index (χ1v) is 17.5. The molecule has 1 amide bonds. The molecule has 1 aliphatic heterocycles. The minimum Gasteiger partial charge on any atom is -0.345 e. The number of sulfone groups is 1. The van der Waals surface area contributed by atoms with Gasteiger partial charge in [-0.05, 0) is 55.3 Å². The number of piperazine rings is 1. The number of thiazole rings is 1. The van der Waals surface area contributed by atoms with Gasteiger partial charge in [0, 0.05) is 50.6 Å². The van der Waals surface area contributed by atoms with Crippen molar-refractivity contribution < 1.29 is 21.6 Å². The summed E-state index contributed by atoms with van der Waals surface area (Å²) in [7, 11) is -6.91. The van der Waals surface area contributed by atoms with Crippen molar-refractivity contribution in [2.45, 2.75) is 54.9 Å². The molecule has 39 heavy (non-hydrogen) atoms. The lowest BCUT2D eigenvalue weighted by atomic mass is 9.95. The second kappa shape index (κ2) is 11.1. The molecule has 9 nitrogen and oxygen atoms in total. The van der Waals surface area contributed by atoms with Crippen LogP contribution in [0.25, 0.3) is 10.2 Å². The van der Waals surface area contributed by atoms with E-state index in [0.29, 0.717) is 38.3 Å². The van der Waals surface area contributed by atoms with E-state index in [-0.39, 0.29) is 21.7 Å². The maximum atomic E-state index is 13.3. The number of amides is 1. The summed E-state index contributed by atoms with van der Waals surface area (Å²) in [5.41, 5.74) is 1.22. The summed E-state index contributed by atoms with van der Waals surface area (Å²) < 4.78 is 52.9. The summed E-state index contributed by atoms with van der Waals surface area (Å²) in [6, 6.07) is 11.3. The molecule has 0 bridgehead atoms. The van der Waals surface area contributed by atoms with Crippen LogP contribution in [0.5, 0.6) is 0 Å². The Kier molecular flexibility index (Phi) is 8.01. The number of sulfonamides is 1. The number of hydrogen-bond donors (Lipinski definition) is 0. The van der Waals surface area contributed by atoms with Gasteiger partial charge in [-0.1, -0.05) is 37.5 Å². The van der Waals surface area contributed by atoms with Crippen molar-refractivity contribution in [3.05, 3.63) is 48.0 Å². The van der Waals surface area contributed by atoms with Gasteiger partial charge >= 0.3 is 0 Å². The third-order valence-electron chi connectivity index (χ3n) is 7.62. The number of carbonyl (C=O) groups is 1. The highest BCUT2D eigenvalue weighted by atomic mass is 32.2. The normalized spacial score (nSPS) is 17.7. The lowest BCUT2D eigenvalue weighted by molar-refractivity contribution is 0.0746. The van der Waals surface area contributed by atoms with Gasteiger partial charge in [0.2, 0.25) is 10.0 Å². The summed E-state index contributed by atoms with van der Waals surface area (Å²) in [5.74, 6) is -0.125. The summed E-state index contributed by atoms with van der Waals surface area (Å²) in [5, 5.41) is 0.802. The smallest absolute Gasteiger partial charge is 0.253 e. The van der Waals surface area contributed by atoms with Crippen LogP contribution in [0.4, 0.5) is 5.13 Å². The summed E-state index contributed by atoms with van der Waals surface area (Å²) in [4.78, 5) is 22.2. The van der Waals surface area contributed by atoms with E-state index in [1.54, 1.807) is 51.7 Å². The number of rotatable bonds is 7. The standard InChI is InChI=1S/C27H34N4O5S3/c1-3-31(21-7-5-4-6-8-21)39(35,36)22-11-9-20(10-12-22)26(32)29-15-17-30(18-16-29)27-28-24-14-13-23(38(2,33)34)19-25(24)37-27/h9-14,19,21H,3-8,15-18H2,1-2H3. The third kappa shape index (κ3) is 5.84. The van der Waals surface area contributed by atoms with E-state index in [2.05, 4.69) is 9.88 Å². The Labute approximate surface area is 234 Å². The second-order valence-corrected chi connectivity index (χ2v) is 15.1. The first kappa shape index (κ1) is 28.0. The van der Waals surface area contributed by atoms with Crippen molar-refractivity contribution in [1.82, 2.24) is 14.2 Å². The number of nitrogens with zero attached hydrogens (tertiary/aromatic N) is 4. The topological polar surface area (TPSA) is 108 Å². The predicted molar refractivity (Wildman–Crippen MR) is 154 cm³/mol. The van der Waals surface area contributed by atoms with Gasteiger partial charge in [-0.25, -0.2) is 21.8 Å². The number of hydrogen-bond acceptors (Lipinski definition) is 8. The SMILES string of the molecule is CCN(C1CCCCC1)S(=O)(=O)c1ccc(C(=O)N2CCN(c3nc4ccc(S(C)(=O)=O)cc4s3)CC2)cc1. The largest absolute Gasteiger partial charge is 0.345 e. The van der Waals surface area contributed by atoms with E-state index in [1.807, 2.05) is 6.92 Å². The van der Waals surface area contributed by atoms with Crippen molar-refractivity contribution in [1.29, 1.82) is 0 Å². The molecule has 1 saturated carbocycles. The number of anilines is 1. The number of carbonyl (C=O) groups excluding carboxylic acids is 1. The molecule has 2 heterocycles. The Hall–Kier alpha value is -2.54. The summed E-state index contributed by atoms with van der Waals surface area (Å²) >= 11 is 1.44. The second-order valence-electron chi connectivity index (χ2n) is 10.2. The van der Waals surface area contributed by atoms with Crippen LogP contribution in [0.2, 0.25) is 0 Å². The van der Waals surface area contributed by atoms with Gasteiger partial charge in [0.1, 0.15) is 0 Å². The number of benzene rings is 2. The van der Waals surface area contributed by atoms with Crippen molar-refractivity contribution in [2.75, 3.05) is 43.9 Å². The van der Waals surface area contributed by atoms with Crippen LogP contribution in [0.15, 0.2) is 52.3 Å². The van der Waals surface area contributed by atoms with Crippen LogP contribution in [0.3, 0.4) is 0 Å². The van der Waals surface area contributed by atoms with Crippen LogP contribution < -0.4 is 4.90 Å². The van der Waals surface area contributed by atoms with E-state index < -0.39 is 19.9 Å². The fourth-order valence-corrected chi connectivity index (χ4v) is 8.91. The highest BCUT2D eigenvalue weighted by Crippen LogP contribution is 2.32. The molecule has 1 aromatic heterocycles. The molecule has 2 aliphatic rings. The molecule has 0 atom stereocenters. The van der Waals surface area contributed by atoms with Crippen LogP contribution >= 0.6 is 11.3 Å². The molecular formula is C27H34N4O5S3. The van der Waals surface area contributed by atoms with Crippen LogP contribution in [0, 0.1) is 0 Å². The van der Waals surface area contributed by atoms with Crippen LogP contribution in [-0.4, -0.2) is 82.0 Å². The molecular weight excluding hydrogens is 557 g/mol. The minimum absolute atomic E-state index is 0.0449. The van der Waals surface area contributed by atoms with Gasteiger partial charge < -0.3 is 9.80 Å². The fraction of sp³-hybridized carbons (Fsp3) is 0.481. The molecule has 2 aromatic carbocycles. The van der Waals surface area contributed by atoms with Crippen molar-refractivity contribution in [2.24, 2.45) is 0 Å². The zero-order chi connectivity index (χ0) is 27.8. The van der Waals surface area contributed by atoms with Crippen LogP contribution in [0.1, 0.15) is 49.4 Å². The third-order valence-corrected chi connectivity index (χ3v) is 11.8. The van der Waals surface area contributed by atoms with Crippen molar-refractivity contribution >= 4 is 52.5 Å². The lowest BCUT2D eigenvalue weighted by Gasteiger charge is -2.34.